The van der Waals surface area contributed by atoms with Crippen LogP contribution in [0.15, 0.2) is 30.3 Å². The molecule has 120 valence electrons. The molecule has 2 saturated heterocycles. The van der Waals surface area contributed by atoms with Crippen molar-refractivity contribution in [2.45, 2.75) is 43.5 Å². The number of fused-ring (bicyclic) bond motifs is 2. The van der Waals surface area contributed by atoms with Gasteiger partial charge in [0.25, 0.3) is 0 Å². The number of ether oxygens (including phenoxy) is 2. The van der Waals surface area contributed by atoms with E-state index in [9.17, 15) is 9.90 Å². The van der Waals surface area contributed by atoms with Crippen LogP contribution in [0.2, 0.25) is 0 Å². The number of aliphatic hydroxyl groups is 1. The van der Waals surface area contributed by atoms with Crippen molar-refractivity contribution < 1.29 is 24.2 Å². The molecule has 6 heteroatoms. The number of benzene rings is 1. The third-order valence-corrected chi connectivity index (χ3v) is 4.24. The minimum atomic E-state index is -0.830. The summed E-state index contributed by atoms with van der Waals surface area (Å²) in [5, 5.41) is 12.2. The van der Waals surface area contributed by atoms with Crippen molar-refractivity contribution >= 4 is 6.29 Å². The van der Waals surface area contributed by atoms with Crippen LogP contribution in [0.3, 0.4) is 0 Å². The van der Waals surface area contributed by atoms with Crippen molar-refractivity contribution in [1.82, 2.24) is 5.06 Å². The van der Waals surface area contributed by atoms with Crippen molar-refractivity contribution in [2.75, 3.05) is 13.7 Å². The van der Waals surface area contributed by atoms with E-state index >= 15 is 0 Å². The van der Waals surface area contributed by atoms with E-state index in [1.165, 1.54) is 0 Å². The quantitative estimate of drug-likeness (QED) is 0.801. The van der Waals surface area contributed by atoms with Crippen LogP contribution in [0.5, 0.6) is 0 Å². The van der Waals surface area contributed by atoms with Gasteiger partial charge in [-0.25, -0.2) is 0 Å². The number of carbonyl (C=O) groups is 1. The molecule has 6 nitrogen and oxygen atoms in total. The highest BCUT2D eigenvalue weighted by atomic mass is 16.7. The van der Waals surface area contributed by atoms with Gasteiger partial charge in [0.05, 0.1) is 19.3 Å². The minimum Gasteiger partial charge on any atom is -0.389 e. The lowest BCUT2D eigenvalue weighted by atomic mass is 9.99. The van der Waals surface area contributed by atoms with Gasteiger partial charge in [-0.2, -0.15) is 5.06 Å². The summed E-state index contributed by atoms with van der Waals surface area (Å²) in [7, 11) is 1.79. The number of rotatable bonds is 5. The first-order valence-electron chi connectivity index (χ1n) is 7.49. The van der Waals surface area contributed by atoms with Crippen LogP contribution in [-0.2, 0) is 25.7 Å². The largest absolute Gasteiger partial charge is 0.389 e. The second-order valence-electron chi connectivity index (χ2n) is 5.76. The highest BCUT2D eigenvalue weighted by Gasteiger charge is 2.46. The Bertz CT molecular complexity index is 497. The molecule has 2 fully saturated rings. The summed E-state index contributed by atoms with van der Waals surface area (Å²) in [5.41, 5.74) is 0.972. The van der Waals surface area contributed by atoms with E-state index < -0.39 is 18.3 Å². The number of aliphatic hydroxyl groups excluding tert-OH is 1. The summed E-state index contributed by atoms with van der Waals surface area (Å²) in [6.45, 7) is 0.652. The molecule has 1 N–H and O–H groups in total. The second-order valence-corrected chi connectivity index (χ2v) is 5.76. The molecule has 0 radical (unpaired) electrons. The van der Waals surface area contributed by atoms with Crippen LogP contribution in [0.25, 0.3) is 0 Å². The first-order valence-corrected chi connectivity index (χ1v) is 7.49. The lowest BCUT2D eigenvalue weighted by Crippen LogP contribution is -2.51. The van der Waals surface area contributed by atoms with Crippen LogP contribution in [0, 0.1) is 0 Å². The van der Waals surface area contributed by atoms with Crippen LogP contribution in [0.4, 0.5) is 0 Å². The molecule has 5 atom stereocenters. The molecule has 0 saturated carbocycles. The fourth-order valence-electron chi connectivity index (χ4n) is 3.03. The molecule has 3 rings (SSSR count). The van der Waals surface area contributed by atoms with Gasteiger partial charge in [-0.1, -0.05) is 30.3 Å². The lowest BCUT2D eigenvalue weighted by Gasteiger charge is -2.33. The molecular weight excluding hydrogens is 286 g/mol. The Morgan fingerprint density at radius 2 is 2.23 bits per heavy atom. The van der Waals surface area contributed by atoms with E-state index in [-0.39, 0.29) is 12.1 Å². The predicted octanol–water partition coefficient (Wildman–Crippen LogP) is 0.535. The second kappa shape index (κ2) is 6.85. The number of carbonyl (C=O) groups excluding carboxylic acids is 1. The molecule has 2 bridgehead atoms. The van der Waals surface area contributed by atoms with Gasteiger partial charge in [-0.3, -0.25) is 4.84 Å². The molecule has 0 aliphatic carbocycles. The normalized spacial score (nSPS) is 33.4. The van der Waals surface area contributed by atoms with Gasteiger partial charge in [-0.05, 0) is 12.0 Å². The number of hydroxylamine groups is 2. The zero-order valence-corrected chi connectivity index (χ0v) is 12.5. The van der Waals surface area contributed by atoms with Crippen LogP contribution in [-0.4, -0.2) is 60.6 Å². The first-order chi connectivity index (χ1) is 10.7. The highest BCUT2D eigenvalue weighted by molar-refractivity contribution is 5.57. The Kier molecular flexibility index (Phi) is 4.85. The van der Waals surface area contributed by atoms with Gasteiger partial charge in [-0.15, -0.1) is 0 Å². The Morgan fingerprint density at radius 3 is 2.95 bits per heavy atom. The zero-order valence-electron chi connectivity index (χ0n) is 12.5. The van der Waals surface area contributed by atoms with Gasteiger partial charge in [0.15, 0.2) is 6.29 Å². The maximum Gasteiger partial charge on any atom is 0.151 e. The first kappa shape index (κ1) is 15.6. The van der Waals surface area contributed by atoms with Crippen molar-refractivity contribution in [3.8, 4) is 0 Å². The molecule has 2 heterocycles. The Labute approximate surface area is 129 Å². The molecule has 22 heavy (non-hydrogen) atoms. The van der Waals surface area contributed by atoms with E-state index in [1.807, 2.05) is 30.3 Å². The lowest BCUT2D eigenvalue weighted by molar-refractivity contribution is -0.222. The smallest absolute Gasteiger partial charge is 0.151 e. The van der Waals surface area contributed by atoms with E-state index in [4.69, 9.17) is 14.3 Å². The molecule has 1 aromatic rings. The Balaban J connectivity index is 1.66. The molecule has 0 aromatic heterocycles. The van der Waals surface area contributed by atoms with Crippen molar-refractivity contribution in [2.24, 2.45) is 0 Å². The van der Waals surface area contributed by atoms with Crippen molar-refractivity contribution in [3.63, 3.8) is 0 Å². The van der Waals surface area contributed by atoms with Crippen LogP contribution < -0.4 is 0 Å². The van der Waals surface area contributed by atoms with Crippen LogP contribution >= 0.6 is 0 Å². The van der Waals surface area contributed by atoms with Gasteiger partial charge in [0.1, 0.15) is 24.4 Å². The maximum atomic E-state index is 11.4. The number of hydrogen-bond donors (Lipinski definition) is 1. The SMILES string of the molecule is CN1O[C@H]2CO[C@H]([C@H](C=O)OCc3ccccc3)[C@H](O)[C@@H]1C2. The summed E-state index contributed by atoms with van der Waals surface area (Å²) in [6, 6.07) is 9.42. The van der Waals surface area contributed by atoms with Crippen molar-refractivity contribution in [3.05, 3.63) is 35.9 Å². The van der Waals surface area contributed by atoms with Crippen molar-refractivity contribution in [1.29, 1.82) is 0 Å². The molecule has 0 amide bonds. The number of aldehydes is 1. The molecule has 1 aromatic carbocycles. The molecule has 2 aliphatic heterocycles. The fourth-order valence-corrected chi connectivity index (χ4v) is 3.03. The molecular formula is C16H21NO5. The summed E-state index contributed by atoms with van der Waals surface area (Å²) < 4.78 is 11.4. The number of nitrogens with zero attached hydrogens (tertiary/aromatic N) is 1. The summed E-state index contributed by atoms with van der Waals surface area (Å²) in [5.74, 6) is 0. The molecule has 0 unspecified atom stereocenters. The van der Waals surface area contributed by atoms with E-state index in [2.05, 4.69) is 0 Å². The van der Waals surface area contributed by atoms with E-state index in [1.54, 1.807) is 12.1 Å². The van der Waals surface area contributed by atoms with Gasteiger partial charge in [0, 0.05) is 7.05 Å². The number of hydrogen-bond acceptors (Lipinski definition) is 6. The Hall–Kier alpha value is -1.31. The van der Waals surface area contributed by atoms with E-state index in [0.717, 1.165) is 5.56 Å². The standard InChI is InChI=1S/C16H21NO5/c1-17-13-7-12(22-17)10-21-16(15(13)19)14(8-18)20-9-11-5-3-2-4-6-11/h2-6,8,12-16,19H,7,9-10H2,1H3/t12-,13+,14+,15-,16-/m1/s1. The summed E-state index contributed by atoms with van der Waals surface area (Å²) in [4.78, 5) is 17.0. The summed E-state index contributed by atoms with van der Waals surface area (Å²) >= 11 is 0. The summed E-state index contributed by atoms with van der Waals surface area (Å²) in [6.07, 6.45) is -0.986. The fraction of sp³-hybridized carbons (Fsp3) is 0.562. The molecule has 0 spiro atoms. The average molecular weight is 307 g/mol. The van der Waals surface area contributed by atoms with Crippen LogP contribution in [0.1, 0.15) is 12.0 Å². The molecule has 2 aliphatic rings. The van der Waals surface area contributed by atoms with Gasteiger partial charge < -0.3 is 19.4 Å². The zero-order chi connectivity index (χ0) is 15.5. The Morgan fingerprint density at radius 1 is 1.45 bits per heavy atom. The monoisotopic (exact) mass is 307 g/mol. The third-order valence-electron chi connectivity index (χ3n) is 4.24. The topological polar surface area (TPSA) is 68.2 Å². The predicted molar refractivity (Wildman–Crippen MR) is 77.9 cm³/mol. The minimum absolute atomic E-state index is 0.0731. The third kappa shape index (κ3) is 3.21. The van der Waals surface area contributed by atoms with Gasteiger partial charge >= 0.3 is 0 Å². The highest BCUT2D eigenvalue weighted by Crippen LogP contribution is 2.30. The van der Waals surface area contributed by atoms with Gasteiger partial charge in [0.2, 0.25) is 0 Å². The maximum absolute atomic E-state index is 11.4. The number of likely N-dealkylation sites (N-methyl/N-ethyl adjacent to an activating group) is 1. The van der Waals surface area contributed by atoms with E-state index in [0.29, 0.717) is 25.9 Å². The average Bonchev–Trinajstić information content (AvgIpc) is 2.83.